The zero-order valence-corrected chi connectivity index (χ0v) is 25.5. The van der Waals surface area contributed by atoms with Gasteiger partial charge in [0, 0.05) is 6.42 Å². The first-order valence-electron chi connectivity index (χ1n) is 14.0. The smallest absolute Gasteiger partial charge is 0.293 e. The minimum atomic E-state index is -1.69. The molecule has 37 heavy (non-hydrogen) atoms. The van der Waals surface area contributed by atoms with Crippen molar-refractivity contribution < 1.29 is 23.7 Å². The van der Waals surface area contributed by atoms with Crippen LogP contribution in [0.5, 0.6) is 0 Å². The first-order chi connectivity index (χ1) is 17.3. The van der Waals surface area contributed by atoms with Crippen molar-refractivity contribution in [3.05, 3.63) is 49.1 Å². The minimum absolute atomic E-state index is 0.173. The zero-order valence-electron chi connectivity index (χ0n) is 24.5. The zero-order chi connectivity index (χ0) is 27.7. The summed E-state index contributed by atoms with van der Waals surface area (Å²) in [6.07, 6.45) is 17.4. The molecule has 0 aromatic carbocycles. The molecule has 2 rings (SSSR count). The monoisotopic (exact) mass is 532 g/mol. The predicted octanol–water partition coefficient (Wildman–Crippen LogP) is 7.91. The van der Waals surface area contributed by atoms with E-state index in [1.165, 1.54) is 5.57 Å². The van der Waals surface area contributed by atoms with Crippen molar-refractivity contribution in [3.8, 4) is 0 Å². The Morgan fingerprint density at radius 2 is 2.03 bits per heavy atom. The third kappa shape index (κ3) is 9.97. The summed E-state index contributed by atoms with van der Waals surface area (Å²) in [6.45, 7) is 25.1. The molecule has 0 aromatic rings. The fourth-order valence-corrected chi connectivity index (χ4v) is 7.50. The quantitative estimate of drug-likeness (QED) is 0.122. The van der Waals surface area contributed by atoms with Crippen molar-refractivity contribution in [3.63, 3.8) is 0 Å². The number of hydrogen-bond acceptors (Lipinski definition) is 5. The topological polar surface area (TPSA) is 54.0 Å². The molecule has 2 heterocycles. The van der Waals surface area contributed by atoms with Crippen LogP contribution in [0.3, 0.4) is 0 Å². The van der Waals surface area contributed by atoms with E-state index in [4.69, 9.17) is 18.9 Å². The number of ether oxygens (including phenoxy) is 4. The van der Waals surface area contributed by atoms with E-state index in [1.807, 2.05) is 19.9 Å². The first-order valence-corrected chi connectivity index (χ1v) is 17.0. The van der Waals surface area contributed by atoms with Crippen LogP contribution in [-0.4, -0.2) is 51.4 Å². The maximum atomic E-state index is 11.2. The Labute approximate surface area is 227 Å². The van der Waals surface area contributed by atoms with E-state index in [0.29, 0.717) is 31.1 Å². The maximum absolute atomic E-state index is 11.2. The molecular weight excluding hydrogens is 480 g/mol. The third-order valence-corrected chi connectivity index (χ3v) is 14.5. The van der Waals surface area contributed by atoms with Gasteiger partial charge in [0.25, 0.3) is 6.47 Å². The van der Waals surface area contributed by atoms with Gasteiger partial charge in [-0.15, -0.1) is 6.58 Å². The highest BCUT2D eigenvalue weighted by Gasteiger charge is 2.41. The summed E-state index contributed by atoms with van der Waals surface area (Å²) >= 11 is 0. The molecule has 0 N–H and O–H groups in total. The van der Waals surface area contributed by atoms with Gasteiger partial charge in [-0.25, -0.2) is 0 Å². The van der Waals surface area contributed by atoms with Crippen molar-refractivity contribution in [2.45, 2.75) is 133 Å². The van der Waals surface area contributed by atoms with E-state index >= 15 is 0 Å². The highest BCUT2D eigenvalue weighted by atomic mass is 28.3. The summed E-state index contributed by atoms with van der Waals surface area (Å²) in [6, 6.07) is 0. The highest BCUT2D eigenvalue weighted by Crippen LogP contribution is 2.47. The molecule has 6 heteroatoms. The van der Waals surface area contributed by atoms with Crippen LogP contribution in [0, 0.1) is 0 Å². The van der Waals surface area contributed by atoms with Gasteiger partial charge >= 0.3 is 0 Å². The molecule has 5 nitrogen and oxygen atoms in total. The fraction of sp³-hybridized carbons (Fsp3) is 0.710. The molecule has 1 unspecified atom stereocenters. The molecular formula is C31H52O5Si. The molecule has 0 bridgehead atoms. The Bertz CT molecular complexity index is 807. The Balaban J connectivity index is 1.98. The molecule has 1 saturated heterocycles. The Morgan fingerprint density at radius 1 is 1.30 bits per heavy atom. The Morgan fingerprint density at radius 3 is 2.62 bits per heavy atom. The minimum Gasteiger partial charge on any atom is -0.461 e. The van der Waals surface area contributed by atoms with Crippen LogP contribution in [-0.2, 0) is 23.7 Å². The van der Waals surface area contributed by atoms with Crippen LogP contribution in [0.15, 0.2) is 49.1 Å². The van der Waals surface area contributed by atoms with Crippen molar-refractivity contribution in [1.29, 1.82) is 0 Å². The lowest BCUT2D eigenvalue weighted by atomic mass is 10.00. The van der Waals surface area contributed by atoms with Gasteiger partial charge in [0.1, 0.15) is 12.2 Å². The van der Waals surface area contributed by atoms with Crippen molar-refractivity contribution >= 4 is 14.5 Å². The van der Waals surface area contributed by atoms with Crippen LogP contribution < -0.4 is 0 Å². The summed E-state index contributed by atoms with van der Waals surface area (Å²) in [5.41, 5.74) is 1.75. The Kier molecular flexibility index (Phi) is 12.1. The average molecular weight is 533 g/mol. The molecule has 0 saturated carbocycles. The van der Waals surface area contributed by atoms with Gasteiger partial charge in [0.2, 0.25) is 0 Å². The van der Waals surface area contributed by atoms with Gasteiger partial charge < -0.3 is 18.9 Å². The molecule has 0 radical (unpaired) electrons. The van der Waals surface area contributed by atoms with Crippen LogP contribution >= 0.6 is 0 Å². The second kappa shape index (κ2) is 14.1. The average Bonchev–Trinajstić information content (AvgIpc) is 3.17. The largest absolute Gasteiger partial charge is 0.461 e. The SMILES string of the molecule is C=CC[C@@H]1C=CC[C@@H](CCCC(=C)CC(/C=C/C[C@H](OC=O)[C@H]2COC(C)(C)O2)[Si](C)(C)C(C)(C)C)O1. The van der Waals surface area contributed by atoms with Crippen LogP contribution in [0.25, 0.3) is 0 Å². The van der Waals surface area contributed by atoms with Crippen LogP contribution in [0.2, 0.25) is 23.7 Å². The second-order valence-electron chi connectivity index (χ2n) is 12.7. The number of allylic oxidation sites excluding steroid dienone is 2. The summed E-state index contributed by atoms with van der Waals surface area (Å²) in [5, 5.41) is 0.246. The molecule has 5 atom stereocenters. The maximum Gasteiger partial charge on any atom is 0.293 e. The van der Waals surface area contributed by atoms with Crippen molar-refractivity contribution in [2.75, 3.05) is 6.61 Å². The lowest BCUT2D eigenvalue weighted by molar-refractivity contribution is -0.161. The van der Waals surface area contributed by atoms with Crippen LogP contribution in [0.1, 0.15) is 79.6 Å². The molecule has 210 valence electrons. The molecule has 0 amide bonds. The highest BCUT2D eigenvalue weighted by molar-refractivity contribution is 6.82. The lowest BCUT2D eigenvalue weighted by Crippen LogP contribution is -2.41. The van der Waals surface area contributed by atoms with Gasteiger partial charge in [-0.3, -0.25) is 4.79 Å². The molecule has 2 aliphatic rings. The third-order valence-electron chi connectivity index (χ3n) is 8.35. The number of carbonyl (C=O) groups excluding carboxylic acids is 1. The van der Waals surface area contributed by atoms with E-state index in [2.05, 4.69) is 71.3 Å². The van der Waals surface area contributed by atoms with E-state index in [9.17, 15) is 4.79 Å². The summed E-state index contributed by atoms with van der Waals surface area (Å²) in [4.78, 5) is 11.2. The van der Waals surface area contributed by atoms with Gasteiger partial charge in [0.05, 0.1) is 26.9 Å². The van der Waals surface area contributed by atoms with Crippen LogP contribution in [0.4, 0.5) is 0 Å². The Hall–Kier alpha value is -1.47. The number of rotatable bonds is 15. The van der Waals surface area contributed by atoms with Gasteiger partial charge in [-0.2, -0.15) is 0 Å². The van der Waals surface area contributed by atoms with Gasteiger partial charge in [0.15, 0.2) is 5.79 Å². The van der Waals surface area contributed by atoms with E-state index in [-0.39, 0.29) is 23.4 Å². The normalized spacial score (nSPS) is 25.6. The fourth-order valence-electron chi connectivity index (χ4n) is 4.97. The molecule has 1 fully saturated rings. The summed E-state index contributed by atoms with van der Waals surface area (Å²) in [7, 11) is -1.69. The van der Waals surface area contributed by atoms with Gasteiger partial charge in [-0.05, 0) is 63.0 Å². The molecule has 0 aromatic heterocycles. The van der Waals surface area contributed by atoms with E-state index in [0.717, 1.165) is 38.5 Å². The molecule has 0 spiro atoms. The van der Waals surface area contributed by atoms with E-state index < -0.39 is 13.9 Å². The van der Waals surface area contributed by atoms with E-state index in [1.54, 1.807) is 0 Å². The number of hydrogen-bond donors (Lipinski definition) is 0. The summed E-state index contributed by atoms with van der Waals surface area (Å²) < 4.78 is 23.2. The molecule has 2 aliphatic heterocycles. The molecule has 0 aliphatic carbocycles. The van der Waals surface area contributed by atoms with Crippen molar-refractivity contribution in [2.24, 2.45) is 0 Å². The van der Waals surface area contributed by atoms with Crippen molar-refractivity contribution in [1.82, 2.24) is 0 Å². The van der Waals surface area contributed by atoms with Gasteiger partial charge in [-0.1, -0.05) is 76.4 Å². The standard InChI is InChI=1S/C31H52O5Si/c1-10-14-25-17-12-18-26(35-25)16-11-15-24(2)21-27(37(8,9)30(3,4)5)19-13-20-28(33-23-32)29-22-34-31(6,7)36-29/h10,12-13,17,19,23,25-29H,1-2,11,14-16,18,20-22H2,3-9H3/b19-13+/t25-,26-,27?,28+,29-/m1/s1. The summed E-state index contributed by atoms with van der Waals surface area (Å²) in [5.74, 6) is -0.647. The lowest BCUT2D eigenvalue weighted by Gasteiger charge is -2.42. The number of carbonyl (C=O) groups is 1. The first kappa shape index (κ1) is 31.7. The second-order valence-corrected chi connectivity index (χ2v) is 18.4. The predicted molar refractivity (Wildman–Crippen MR) is 155 cm³/mol.